The van der Waals surface area contributed by atoms with Gasteiger partial charge in [0.1, 0.15) is 6.29 Å². The van der Waals surface area contributed by atoms with Gasteiger partial charge in [-0.2, -0.15) is 0 Å². The Hall–Kier alpha value is -1.98. The molecule has 1 saturated heterocycles. The van der Waals surface area contributed by atoms with Crippen molar-refractivity contribution in [1.82, 2.24) is 4.90 Å². The molecule has 2 aromatic rings. The predicted molar refractivity (Wildman–Crippen MR) is 94.4 cm³/mol. The molecule has 24 heavy (non-hydrogen) atoms. The van der Waals surface area contributed by atoms with Crippen molar-refractivity contribution in [3.63, 3.8) is 0 Å². The number of hydrogen-bond donors (Lipinski definition) is 0. The molecule has 0 N–H and O–H groups in total. The average molecular weight is 343 g/mol. The molecule has 0 spiro atoms. The van der Waals surface area contributed by atoms with Crippen molar-refractivity contribution < 1.29 is 14.3 Å². The maximum Gasteiger partial charge on any atom is 0.315 e. The Bertz CT molecular complexity index is 675. The second-order valence-corrected chi connectivity index (χ2v) is 7.18. The van der Waals surface area contributed by atoms with Gasteiger partial charge in [0.15, 0.2) is 5.06 Å². The summed E-state index contributed by atoms with van der Waals surface area (Å²) in [7, 11) is 0. The number of piperidine rings is 1. The Labute approximate surface area is 146 Å². The molecular formula is C19H21NO3S. The first-order chi connectivity index (χ1) is 11.7. The van der Waals surface area contributed by atoms with Gasteiger partial charge in [-0.3, -0.25) is 9.69 Å². The molecule has 126 valence electrons. The number of nitrogens with zero attached hydrogens (tertiary/aromatic N) is 1. The van der Waals surface area contributed by atoms with Crippen LogP contribution in [0.5, 0.6) is 5.06 Å². The highest BCUT2D eigenvalue weighted by atomic mass is 32.1. The van der Waals surface area contributed by atoms with Gasteiger partial charge in [-0.25, -0.2) is 0 Å². The molecule has 4 nitrogen and oxygen atoms in total. The number of carbonyl (C=O) groups is 2. The lowest BCUT2D eigenvalue weighted by Crippen LogP contribution is -2.38. The molecule has 0 amide bonds. The zero-order valence-corrected chi connectivity index (χ0v) is 14.3. The highest BCUT2D eigenvalue weighted by Crippen LogP contribution is 2.28. The van der Waals surface area contributed by atoms with Gasteiger partial charge in [-0.1, -0.05) is 30.3 Å². The van der Waals surface area contributed by atoms with Crippen LogP contribution in [-0.4, -0.2) is 36.8 Å². The van der Waals surface area contributed by atoms with E-state index in [0.717, 1.165) is 38.6 Å². The summed E-state index contributed by atoms with van der Waals surface area (Å²) in [4.78, 5) is 26.1. The molecule has 5 heteroatoms. The molecule has 1 aliphatic rings. The lowest BCUT2D eigenvalue weighted by molar-refractivity contribution is -0.140. The van der Waals surface area contributed by atoms with Crippen molar-refractivity contribution in [3.8, 4) is 5.06 Å². The van der Waals surface area contributed by atoms with Gasteiger partial charge in [0, 0.05) is 11.3 Å². The normalized spacial score (nSPS) is 16.0. The molecule has 1 aliphatic heterocycles. The molecule has 0 unspecified atom stereocenters. The van der Waals surface area contributed by atoms with Crippen molar-refractivity contribution in [2.75, 3.05) is 19.6 Å². The first kappa shape index (κ1) is 16.9. The summed E-state index contributed by atoms with van der Waals surface area (Å²) in [5.74, 6) is -0.207. The fourth-order valence-electron chi connectivity index (χ4n) is 2.94. The SMILES string of the molecule is O=CCN1CCC(C(=O)Oc2ccc(Cc3ccccc3)s2)CC1. The van der Waals surface area contributed by atoms with Crippen LogP contribution < -0.4 is 4.74 Å². The number of esters is 1. The van der Waals surface area contributed by atoms with Crippen molar-refractivity contribution in [2.24, 2.45) is 5.92 Å². The van der Waals surface area contributed by atoms with Gasteiger partial charge in [-0.05, 0) is 43.6 Å². The van der Waals surface area contributed by atoms with E-state index in [-0.39, 0.29) is 11.9 Å². The van der Waals surface area contributed by atoms with E-state index in [0.29, 0.717) is 11.6 Å². The monoisotopic (exact) mass is 343 g/mol. The van der Waals surface area contributed by atoms with Crippen LogP contribution >= 0.6 is 11.3 Å². The van der Waals surface area contributed by atoms with Crippen LogP contribution in [0.2, 0.25) is 0 Å². The molecular weight excluding hydrogens is 322 g/mol. The van der Waals surface area contributed by atoms with E-state index in [2.05, 4.69) is 17.0 Å². The summed E-state index contributed by atoms with van der Waals surface area (Å²) in [6.07, 6.45) is 3.29. The number of likely N-dealkylation sites (tertiary alicyclic amines) is 1. The second kappa shape index (κ2) is 8.22. The van der Waals surface area contributed by atoms with Crippen LogP contribution in [-0.2, 0) is 16.0 Å². The number of benzene rings is 1. The molecule has 0 radical (unpaired) electrons. The minimum atomic E-state index is -0.145. The lowest BCUT2D eigenvalue weighted by atomic mass is 9.97. The topological polar surface area (TPSA) is 46.6 Å². The summed E-state index contributed by atoms with van der Waals surface area (Å²) in [5, 5.41) is 0.668. The maximum atomic E-state index is 12.3. The summed E-state index contributed by atoms with van der Waals surface area (Å²) in [5.41, 5.74) is 1.25. The third-order valence-electron chi connectivity index (χ3n) is 4.31. The molecule has 1 fully saturated rings. The third-order valence-corrected chi connectivity index (χ3v) is 5.28. The van der Waals surface area contributed by atoms with Crippen LogP contribution in [0.3, 0.4) is 0 Å². The van der Waals surface area contributed by atoms with Crippen LogP contribution in [0, 0.1) is 5.92 Å². The van der Waals surface area contributed by atoms with E-state index in [1.165, 1.54) is 21.8 Å². The second-order valence-electron chi connectivity index (χ2n) is 6.05. The minimum Gasteiger partial charge on any atom is -0.415 e. The smallest absolute Gasteiger partial charge is 0.315 e. The molecule has 0 saturated carbocycles. The number of hydrogen-bond acceptors (Lipinski definition) is 5. The molecule has 0 aliphatic carbocycles. The van der Waals surface area contributed by atoms with Crippen LogP contribution in [0.15, 0.2) is 42.5 Å². The zero-order chi connectivity index (χ0) is 16.8. The van der Waals surface area contributed by atoms with E-state index < -0.39 is 0 Å². The molecule has 2 heterocycles. The molecule has 0 bridgehead atoms. The van der Waals surface area contributed by atoms with Gasteiger partial charge in [0.05, 0.1) is 12.5 Å². The Balaban J connectivity index is 1.51. The van der Waals surface area contributed by atoms with E-state index in [9.17, 15) is 9.59 Å². The number of thiophene rings is 1. The van der Waals surface area contributed by atoms with Gasteiger partial charge in [0.25, 0.3) is 0 Å². The number of carbonyl (C=O) groups excluding carboxylic acids is 2. The number of rotatable bonds is 6. The minimum absolute atomic E-state index is 0.0624. The first-order valence-corrected chi connectivity index (χ1v) is 9.06. The van der Waals surface area contributed by atoms with Gasteiger partial charge in [0.2, 0.25) is 0 Å². The Morgan fingerprint density at radius 2 is 1.92 bits per heavy atom. The van der Waals surface area contributed by atoms with Crippen molar-refractivity contribution in [1.29, 1.82) is 0 Å². The largest absolute Gasteiger partial charge is 0.415 e. The van der Waals surface area contributed by atoms with Crippen LogP contribution in [0.25, 0.3) is 0 Å². The molecule has 1 aromatic carbocycles. The quantitative estimate of drug-likeness (QED) is 0.597. The highest BCUT2D eigenvalue weighted by Gasteiger charge is 2.26. The van der Waals surface area contributed by atoms with E-state index in [4.69, 9.17) is 4.74 Å². The third kappa shape index (κ3) is 4.52. The molecule has 3 rings (SSSR count). The van der Waals surface area contributed by atoms with E-state index in [1.807, 2.05) is 30.3 Å². The lowest BCUT2D eigenvalue weighted by Gasteiger charge is -2.28. The molecule has 1 aromatic heterocycles. The number of aldehydes is 1. The standard InChI is InChI=1S/C19H21NO3S/c21-13-12-20-10-8-16(9-11-20)19(22)23-18-7-6-17(24-18)14-15-4-2-1-3-5-15/h1-7,13,16H,8-12,14H2. The number of ether oxygens (including phenoxy) is 1. The molecule has 0 atom stereocenters. The fraction of sp³-hybridized carbons (Fsp3) is 0.368. The highest BCUT2D eigenvalue weighted by molar-refractivity contribution is 7.13. The van der Waals surface area contributed by atoms with Gasteiger partial charge >= 0.3 is 5.97 Å². The average Bonchev–Trinajstić information content (AvgIpc) is 3.03. The Morgan fingerprint density at radius 1 is 1.17 bits per heavy atom. The summed E-state index contributed by atoms with van der Waals surface area (Å²) in [6, 6.07) is 14.2. The van der Waals surface area contributed by atoms with Crippen LogP contribution in [0.1, 0.15) is 23.3 Å². The van der Waals surface area contributed by atoms with Crippen molar-refractivity contribution in [2.45, 2.75) is 19.3 Å². The predicted octanol–water partition coefficient (Wildman–Crippen LogP) is 3.16. The summed E-state index contributed by atoms with van der Waals surface area (Å²) >= 11 is 1.53. The van der Waals surface area contributed by atoms with Gasteiger partial charge in [-0.15, -0.1) is 11.3 Å². The van der Waals surface area contributed by atoms with E-state index in [1.54, 1.807) is 0 Å². The first-order valence-electron chi connectivity index (χ1n) is 8.25. The summed E-state index contributed by atoms with van der Waals surface area (Å²) in [6.45, 7) is 2.01. The Kier molecular flexibility index (Phi) is 5.77. The van der Waals surface area contributed by atoms with Crippen molar-refractivity contribution >= 4 is 23.6 Å². The maximum absolute atomic E-state index is 12.3. The summed E-state index contributed by atoms with van der Waals surface area (Å²) < 4.78 is 5.56. The van der Waals surface area contributed by atoms with Crippen LogP contribution in [0.4, 0.5) is 0 Å². The van der Waals surface area contributed by atoms with Crippen molar-refractivity contribution in [3.05, 3.63) is 52.9 Å². The van der Waals surface area contributed by atoms with E-state index >= 15 is 0 Å². The Morgan fingerprint density at radius 3 is 2.62 bits per heavy atom. The zero-order valence-electron chi connectivity index (χ0n) is 13.5. The van der Waals surface area contributed by atoms with Gasteiger partial charge < -0.3 is 9.53 Å². The fourth-order valence-corrected chi connectivity index (χ4v) is 3.84.